The SMILES string of the molecule is CC.CN1CC[C@@H]2C[C@@H]1c1ccccc12. The molecule has 2 bridgehead atoms. The van der Waals surface area contributed by atoms with Crippen LogP contribution in [0.4, 0.5) is 0 Å². The van der Waals surface area contributed by atoms with Crippen LogP contribution in [-0.2, 0) is 0 Å². The standard InChI is InChI=1S/C12H15N.C2H6/c1-13-7-6-9-8-12(13)11-5-3-2-4-10(9)11;1-2/h2-5,9,12H,6-8H2,1H3;1-2H3/t9-,12-;/m1./s1. The van der Waals surface area contributed by atoms with E-state index in [0.717, 1.165) is 12.0 Å². The fraction of sp³-hybridized carbons (Fsp3) is 0.571. The Kier molecular flexibility index (Phi) is 3.11. The van der Waals surface area contributed by atoms with Gasteiger partial charge in [-0.1, -0.05) is 38.1 Å². The Hall–Kier alpha value is -0.820. The summed E-state index contributed by atoms with van der Waals surface area (Å²) in [6, 6.07) is 9.70. The first-order chi connectivity index (χ1) is 7.36. The normalized spacial score (nSPS) is 27.9. The lowest BCUT2D eigenvalue weighted by atomic mass is 9.96. The molecule has 1 aliphatic carbocycles. The minimum absolute atomic E-state index is 0.718. The maximum Gasteiger partial charge on any atom is 0.0353 e. The lowest BCUT2D eigenvalue weighted by molar-refractivity contribution is 0.192. The third kappa shape index (κ3) is 1.69. The van der Waals surface area contributed by atoms with Crippen LogP contribution in [0.5, 0.6) is 0 Å². The van der Waals surface area contributed by atoms with E-state index in [1.807, 2.05) is 13.8 Å². The van der Waals surface area contributed by atoms with Gasteiger partial charge in [-0.05, 0) is 43.5 Å². The molecule has 1 heterocycles. The number of hydrogen-bond acceptors (Lipinski definition) is 1. The summed E-state index contributed by atoms with van der Waals surface area (Å²) in [6.45, 7) is 5.27. The van der Waals surface area contributed by atoms with Gasteiger partial charge in [0.15, 0.2) is 0 Å². The molecule has 82 valence electrons. The van der Waals surface area contributed by atoms with E-state index in [0.29, 0.717) is 0 Å². The molecule has 0 radical (unpaired) electrons. The van der Waals surface area contributed by atoms with Crippen molar-refractivity contribution >= 4 is 0 Å². The molecule has 1 aromatic carbocycles. The van der Waals surface area contributed by atoms with Crippen LogP contribution in [0.3, 0.4) is 0 Å². The molecule has 0 aromatic heterocycles. The molecule has 0 saturated carbocycles. The number of piperidine rings is 1. The summed E-state index contributed by atoms with van der Waals surface area (Å²) >= 11 is 0. The Balaban J connectivity index is 0.000000404. The average Bonchev–Trinajstić information content (AvgIpc) is 2.62. The molecule has 2 atom stereocenters. The van der Waals surface area contributed by atoms with Gasteiger partial charge in [-0.2, -0.15) is 0 Å². The quantitative estimate of drug-likeness (QED) is 0.623. The van der Waals surface area contributed by atoms with Gasteiger partial charge in [-0.25, -0.2) is 0 Å². The van der Waals surface area contributed by atoms with Crippen LogP contribution in [-0.4, -0.2) is 18.5 Å². The van der Waals surface area contributed by atoms with Crippen molar-refractivity contribution in [1.82, 2.24) is 4.90 Å². The molecule has 0 amide bonds. The van der Waals surface area contributed by atoms with Gasteiger partial charge in [0.1, 0.15) is 0 Å². The molecule has 0 spiro atoms. The number of likely N-dealkylation sites (tertiary alicyclic amines) is 1. The van der Waals surface area contributed by atoms with Crippen LogP contribution in [0.1, 0.15) is 49.8 Å². The van der Waals surface area contributed by atoms with Gasteiger partial charge in [0.2, 0.25) is 0 Å². The molecule has 0 unspecified atom stereocenters. The second-order valence-electron chi connectivity index (χ2n) is 4.35. The molecule has 1 aromatic rings. The zero-order valence-corrected chi connectivity index (χ0v) is 10.0. The summed E-state index contributed by atoms with van der Waals surface area (Å²) in [4.78, 5) is 2.50. The van der Waals surface area contributed by atoms with Gasteiger partial charge < -0.3 is 0 Å². The van der Waals surface area contributed by atoms with Crippen LogP contribution >= 0.6 is 0 Å². The summed E-state index contributed by atoms with van der Waals surface area (Å²) < 4.78 is 0. The van der Waals surface area contributed by atoms with Gasteiger partial charge in [-0.15, -0.1) is 0 Å². The molecule has 2 aliphatic rings. The predicted molar refractivity (Wildman–Crippen MR) is 65.1 cm³/mol. The monoisotopic (exact) mass is 203 g/mol. The van der Waals surface area contributed by atoms with Crippen LogP contribution in [0.15, 0.2) is 24.3 Å². The van der Waals surface area contributed by atoms with Crippen LogP contribution in [0.2, 0.25) is 0 Å². The number of fused-ring (bicyclic) bond motifs is 5. The van der Waals surface area contributed by atoms with Crippen molar-refractivity contribution in [2.75, 3.05) is 13.6 Å². The van der Waals surface area contributed by atoms with Crippen molar-refractivity contribution in [1.29, 1.82) is 0 Å². The van der Waals surface area contributed by atoms with Crippen molar-refractivity contribution in [2.24, 2.45) is 0 Å². The minimum atomic E-state index is 0.718. The van der Waals surface area contributed by atoms with Crippen molar-refractivity contribution in [3.05, 3.63) is 35.4 Å². The lowest BCUT2D eigenvalue weighted by Gasteiger charge is -2.29. The highest BCUT2D eigenvalue weighted by Gasteiger charge is 2.36. The van der Waals surface area contributed by atoms with E-state index >= 15 is 0 Å². The second-order valence-corrected chi connectivity index (χ2v) is 4.35. The Labute approximate surface area is 93.1 Å². The van der Waals surface area contributed by atoms with Gasteiger partial charge in [-0.3, -0.25) is 4.90 Å². The fourth-order valence-electron chi connectivity index (χ4n) is 2.92. The average molecular weight is 203 g/mol. The number of nitrogens with zero attached hydrogens (tertiary/aromatic N) is 1. The van der Waals surface area contributed by atoms with Gasteiger partial charge in [0.25, 0.3) is 0 Å². The lowest BCUT2D eigenvalue weighted by Crippen LogP contribution is -2.28. The van der Waals surface area contributed by atoms with E-state index in [2.05, 4.69) is 36.2 Å². The van der Waals surface area contributed by atoms with Gasteiger partial charge in [0, 0.05) is 6.04 Å². The first kappa shape index (κ1) is 10.7. The van der Waals surface area contributed by atoms with Gasteiger partial charge >= 0.3 is 0 Å². The van der Waals surface area contributed by atoms with Gasteiger partial charge in [0.05, 0.1) is 0 Å². The summed E-state index contributed by atoms with van der Waals surface area (Å²) in [5, 5.41) is 0. The maximum atomic E-state index is 2.50. The molecular formula is C14H21N. The third-order valence-electron chi connectivity index (χ3n) is 3.66. The smallest absolute Gasteiger partial charge is 0.0353 e. The largest absolute Gasteiger partial charge is 0.299 e. The zero-order valence-electron chi connectivity index (χ0n) is 10.0. The fourth-order valence-corrected chi connectivity index (χ4v) is 2.92. The third-order valence-corrected chi connectivity index (χ3v) is 3.66. The Morgan fingerprint density at radius 1 is 1.13 bits per heavy atom. The first-order valence-electron chi connectivity index (χ1n) is 6.15. The molecule has 0 N–H and O–H groups in total. The van der Waals surface area contributed by atoms with Crippen LogP contribution in [0.25, 0.3) is 0 Å². The Bertz CT molecular complexity index is 332. The molecule has 1 saturated heterocycles. The molecule has 3 rings (SSSR count). The van der Waals surface area contributed by atoms with Crippen molar-refractivity contribution in [3.8, 4) is 0 Å². The van der Waals surface area contributed by atoms with Crippen LogP contribution in [0, 0.1) is 0 Å². The van der Waals surface area contributed by atoms with E-state index in [-0.39, 0.29) is 0 Å². The van der Waals surface area contributed by atoms with Crippen molar-refractivity contribution in [3.63, 3.8) is 0 Å². The first-order valence-corrected chi connectivity index (χ1v) is 6.15. The highest BCUT2D eigenvalue weighted by atomic mass is 15.1. The molecule has 1 heteroatoms. The minimum Gasteiger partial charge on any atom is -0.299 e. The Morgan fingerprint density at radius 2 is 1.80 bits per heavy atom. The molecule has 1 fully saturated rings. The predicted octanol–water partition coefficient (Wildman–Crippen LogP) is 3.58. The summed E-state index contributed by atoms with van der Waals surface area (Å²) in [6.07, 6.45) is 2.71. The molecule has 1 nitrogen and oxygen atoms in total. The highest BCUT2D eigenvalue weighted by molar-refractivity contribution is 5.39. The van der Waals surface area contributed by atoms with E-state index in [1.54, 1.807) is 11.1 Å². The number of hydrogen-bond donors (Lipinski definition) is 0. The van der Waals surface area contributed by atoms with E-state index in [4.69, 9.17) is 0 Å². The summed E-state index contributed by atoms with van der Waals surface area (Å²) in [7, 11) is 2.25. The van der Waals surface area contributed by atoms with Crippen molar-refractivity contribution in [2.45, 2.75) is 38.6 Å². The van der Waals surface area contributed by atoms with Crippen molar-refractivity contribution < 1.29 is 0 Å². The molecule has 15 heavy (non-hydrogen) atoms. The van der Waals surface area contributed by atoms with E-state index in [1.165, 1.54) is 19.4 Å². The maximum absolute atomic E-state index is 2.50. The number of benzene rings is 1. The highest BCUT2D eigenvalue weighted by Crippen LogP contribution is 2.47. The summed E-state index contributed by atoms with van der Waals surface area (Å²) in [5.41, 5.74) is 3.21. The van der Waals surface area contributed by atoms with Crippen LogP contribution < -0.4 is 0 Å². The summed E-state index contributed by atoms with van der Waals surface area (Å²) in [5.74, 6) is 0.859. The molecule has 1 aliphatic heterocycles. The molecular weight excluding hydrogens is 182 g/mol. The Morgan fingerprint density at radius 3 is 2.53 bits per heavy atom. The number of rotatable bonds is 0. The van der Waals surface area contributed by atoms with E-state index < -0.39 is 0 Å². The zero-order chi connectivity index (χ0) is 10.8. The van der Waals surface area contributed by atoms with E-state index in [9.17, 15) is 0 Å². The second kappa shape index (κ2) is 4.36. The topological polar surface area (TPSA) is 3.24 Å².